The Kier molecular flexibility index (Phi) is 3.40. The van der Waals surface area contributed by atoms with Gasteiger partial charge in [0.1, 0.15) is 3.74 Å². The van der Waals surface area contributed by atoms with Crippen LogP contribution in [0.4, 0.5) is 0 Å². The van der Waals surface area contributed by atoms with Crippen LogP contribution < -0.4 is 0 Å². The van der Waals surface area contributed by atoms with Crippen LogP contribution in [0.25, 0.3) is 0 Å². The number of alkyl halides is 2. The normalized spacial score (nSPS) is 10.3. The molecule has 64 valence electrons. The lowest BCUT2D eigenvalue weighted by molar-refractivity contribution is 0.101. The van der Waals surface area contributed by atoms with Gasteiger partial charge in [0.2, 0.25) is 0 Å². The van der Waals surface area contributed by atoms with E-state index in [0.29, 0.717) is 5.56 Å². The maximum atomic E-state index is 11.3. The SMILES string of the molecule is Cc1ccc(C(=O)C(Br)Br)cn1. The van der Waals surface area contributed by atoms with Crippen molar-refractivity contribution in [2.24, 2.45) is 0 Å². The summed E-state index contributed by atoms with van der Waals surface area (Å²) < 4.78 is -0.325. The van der Waals surface area contributed by atoms with Crippen LogP contribution in [0.15, 0.2) is 18.3 Å². The third-order valence-corrected chi connectivity index (χ3v) is 2.23. The van der Waals surface area contributed by atoms with Gasteiger partial charge in [-0.3, -0.25) is 9.78 Å². The van der Waals surface area contributed by atoms with Gasteiger partial charge in [-0.2, -0.15) is 0 Å². The number of aromatic nitrogens is 1. The molecule has 0 atom stereocenters. The van der Waals surface area contributed by atoms with E-state index in [0.717, 1.165) is 5.69 Å². The molecule has 0 bridgehead atoms. The van der Waals surface area contributed by atoms with Gasteiger partial charge in [0, 0.05) is 17.5 Å². The number of carbonyl (C=O) groups excluding carboxylic acids is 1. The molecule has 0 amide bonds. The van der Waals surface area contributed by atoms with Gasteiger partial charge in [0.25, 0.3) is 0 Å². The largest absolute Gasteiger partial charge is 0.292 e. The van der Waals surface area contributed by atoms with Gasteiger partial charge in [0.15, 0.2) is 5.78 Å². The second-order valence-corrected chi connectivity index (χ2v) is 5.41. The lowest BCUT2D eigenvalue weighted by Gasteiger charge is -2.00. The molecule has 0 fully saturated rings. The van der Waals surface area contributed by atoms with Crippen LogP contribution in [0, 0.1) is 6.92 Å². The zero-order chi connectivity index (χ0) is 9.14. The van der Waals surface area contributed by atoms with Crippen molar-refractivity contribution in [3.05, 3.63) is 29.6 Å². The van der Waals surface area contributed by atoms with Crippen molar-refractivity contribution in [2.45, 2.75) is 10.7 Å². The predicted octanol–water partition coefficient (Wildman–Crippen LogP) is 2.69. The van der Waals surface area contributed by atoms with Crippen LogP contribution in [0.3, 0.4) is 0 Å². The first-order valence-electron chi connectivity index (χ1n) is 3.36. The summed E-state index contributed by atoms with van der Waals surface area (Å²) in [6, 6.07) is 3.58. The highest BCUT2D eigenvalue weighted by Gasteiger charge is 2.12. The Balaban J connectivity index is 2.90. The molecule has 0 aromatic carbocycles. The minimum atomic E-state index is -0.325. The molecule has 2 nitrogen and oxygen atoms in total. The molecule has 0 radical (unpaired) electrons. The van der Waals surface area contributed by atoms with Crippen molar-refractivity contribution in [1.82, 2.24) is 4.98 Å². The quantitative estimate of drug-likeness (QED) is 0.620. The van der Waals surface area contributed by atoms with Crippen LogP contribution in [0.1, 0.15) is 16.1 Å². The number of hydrogen-bond acceptors (Lipinski definition) is 2. The number of nitrogens with zero attached hydrogens (tertiary/aromatic N) is 1. The zero-order valence-electron chi connectivity index (χ0n) is 6.42. The van der Waals surface area contributed by atoms with Crippen molar-refractivity contribution < 1.29 is 4.79 Å². The molecule has 0 aliphatic heterocycles. The topological polar surface area (TPSA) is 30.0 Å². The number of carbonyl (C=O) groups is 1. The van der Waals surface area contributed by atoms with Crippen LogP contribution in [0.5, 0.6) is 0 Å². The minimum absolute atomic E-state index is 0.0116. The molecule has 1 rings (SSSR count). The molecule has 0 aliphatic rings. The van der Waals surface area contributed by atoms with Gasteiger partial charge in [-0.15, -0.1) is 0 Å². The Bertz CT molecular complexity index is 282. The van der Waals surface area contributed by atoms with Crippen LogP contribution in [-0.2, 0) is 0 Å². The average Bonchev–Trinajstić information content (AvgIpc) is 2.04. The fourth-order valence-electron chi connectivity index (χ4n) is 0.740. The molecule has 1 heterocycles. The highest BCUT2D eigenvalue weighted by atomic mass is 79.9. The molecule has 0 saturated heterocycles. The lowest BCUT2D eigenvalue weighted by Crippen LogP contribution is -2.07. The monoisotopic (exact) mass is 291 g/mol. The third kappa shape index (κ3) is 2.38. The summed E-state index contributed by atoms with van der Waals surface area (Å²) in [6.45, 7) is 1.88. The first-order chi connectivity index (χ1) is 5.61. The van der Waals surface area contributed by atoms with Gasteiger partial charge >= 0.3 is 0 Å². The first-order valence-corrected chi connectivity index (χ1v) is 5.19. The van der Waals surface area contributed by atoms with Crippen LogP contribution in [0.2, 0.25) is 0 Å². The maximum Gasteiger partial charge on any atom is 0.188 e. The summed E-state index contributed by atoms with van der Waals surface area (Å²) >= 11 is 6.27. The molecule has 1 aromatic heterocycles. The summed E-state index contributed by atoms with van der Waals surface area (Å²) in [6.07, 6.45) is 1.58. The van der Waals surface area contributed by atoms with Gasteiger partial charge in [-0.05, 0) is 19.1 Å². The predicted molar refractivity (Wildman–Crippen MR) is 54.9 cm³/mol. The molecular formula is C8H7Br2NO. The number of ketones is 1. The van der Waals surface area contributed by atoms with E-state index < -0.39 is 0 Å². The van der Waals surface area contributed by atoms with E-state index in [4.69, 9.17) is 0 Å². The number of Topliss-reactive ketones (excluding diaryl/α,β-unsaturated/α-hetero) is 1. The summed E-state index contributed by atoms with van der Waals surface area (Å²) in [5, 5.41) is 0. The molecule has 0 aliphatic carbocycles. The molecule has 1 aromatic rings. The van der Waals surface area contributed by atoms with E-state index in [1.165, 1.54) is 0 Å². The van der Waals surface area contributed by atoms with Crippen molar-refractivity contribution in [3.8, 4) is 0 Å². The highest BCUT2D eigenvalue weighted by Crippen LogP contribution is 2.14. The lowest BCUT2D eigenvalue weighted by atomic mass is 10.2. The Morgan fingerprint density at radius 3 is 2.58 bits per heavy atom. The molecule has 0 N–H and O–H groups in total. The number of pyridine rings is 1. The van der Waals surface area contributed by atoms with Crippen molar-refractivity contribution in [2.75, 3.05) is 0 Å². The highest BCUT2D eigenvalue weighted by molar-refractivity contribution is 9.25. The number of hydrogen-bond donors (Lipinski definition) is 0. The summed E-state index contributed by atoms with van der Waals surface area (Å²) in [5.74, 6) is -0.0116. The molecule has 0 spiro atoms. The van der Waals surface area contributed by atoms with E-state index in [9.17, 15) is 4.79 Å². The van der Waals surface area contributed by atoms with E-state index in [2.05, 4.69) is 36.8 Å². The van der Waals surface area contributed by atoms with Crippen LogP contribution >= 0.6 is 31.9 Å². The van der Waals surface area contributed by atoms with Gasteiger partial charge in [0.05, 0.1) is 0 Å². The maximum absolute atomic E-state index is 11.3. The van der Waals surface area contributed by atoms with Crippen LogP contribution in [-0.4, -0.2) is 14.5 Å². The number of rotatable bonds is 2. The molecule has 0 unspecified atom stereocenters. The minimum Gasteiger partial charge on any atom is -0.292 e. The fraction of sp³-hybridized carbons (Fsp3) is 0.250. The van der Waals surface area contributed by atoms with Gasteiger partial charge in [-0.25, -0.2) is 0 Å². The summed E-state index contributed by atoms with van der Waals surface area (Å²) in [4.78, 5) is 15.3. The molecule has 4 heteroatoms. The van der Waals surface area contributed by atoms with E-state index in [1.54, 1.807) is 12.3 Å². The number of aryl methyl sites for hydroxylation is 1. The molecule has 12 heavy (non-hydrogen) atoms. The zero-order valence-corrected chi connectivity index (χ0v) is 9.59. The standard InChI is InChI=1S/C8H7Br2NO/c1-5-2-3-6(4-11-5)7(12)8(9)10/h2-4,8H,1H3. The van der Waals surface area contributed by atoms with Gasteiger partial charge < -0.3 is 0 Å². The summed E-state index contributed by atoms with van der Waals surface area (Å²) in [7, 11) is 0. The second-order valence-electron chi connectivity index (χ2n) is 2.35. The molecule has 0 saturated carbocycles. The van der Waals surface area contributed by atoms with E-state index in [1.807, 2.05) is 13.0 Å². The second kappa shape index (κ2) is 4.14. The van der Waals surface area contributed by atoms with Crippen molar-refractivity contribution >= 4 is 37.6 Å². The van der Waals surface area contributed by atoms with Crippen molar-refractivity contribution in [3.63, 3.8) is 0 Å². The Hall–Kier alpha value is -0.220. The smallest absolute Gasteiger partial charge is 0.188 e. The number of halogens is 2. The van der Waals surface area contributed by atoms with E-state index >= 15 is 0 Å². The Morgan fingerprint density at radius 2 is 2.17 bits per heavy atom. The van der Waals surface area contributed by atoms with Gasteiger partial charge in [-0.1, -0.05) is 31.9 Å². The average molecular weight is 293 g/mol. The first kappa shape index (κ1) is 9.86. The Labute approximate surface area is 87.6 Å². The molecular weight excluding hydrogens is 286 g/mol. The van der Waals surface area contributed by atoms with E-state index in [-0.39, 0.29) is 9.52 Å². The summed E-state index contributed by atoms with van der Waals surface area (Å²) in [5.41, 5.74) is 1.52. The van der Waals surface area contributed by atoms with Crippen molar-refractivity contribution in [1.29, 1.82) is 0 Å². The fourth-order valence-corrected chi connectivity index (χ4v) is 1.27. The Morgan fingerprint density at radius 1 is 1.50 bits per heavy atom. The third-order valence-electron chi connectivity index (χ3n) is 1.39.